The molecule has 0 atom stereocenters. The molecule has 1 aliphatic rings. The summed E-state index contributed by atoms with van der Waals surface area (Å²) in [7, 11) is 0. The first-order chi connectivity index (χ1) is 9.40. The molecule has 0 bridgehead atoms. The minimum atomic E-state index is -0.779. The molecule has 1 aliphatic heterocycles. The van der Waals surface area contributed by atoms with E-state index in [4.69, 9.17) is 0 Å². The number of nitrogens with zero attached hydrogens (tertiary/aromatic N) is 2. The zero-order valence-electron chi connectivity index (χ0n) is 12.6. The van der Waals surface area contributed by atoms with Crippen LogP contribution in [0.15, 0.2) is 24.3 Å². The normalized spacial score (nSPS) is 14.8. The van der Waals surface area contributed by atoms with Crippen LogP contribution in [-0.4, -0.2) is 47.7 Å². The molecule has 20 heavy (non-hydrogen) atoms. The summed E-state index contributed by atoms with van der Waals surface area (Å²) in [6, 6.07) is 8.07. The minimum absolute atomic E-state index is 0.112. The van der Waals surface area contributed by atoms with E-state index in [-0.39, 0.29) is 5.91 Å². The predicted octanol–water partition coefficient (Wildman–Crippen LogP) is 1.67. The average Bonchev–Trinajstić information content (AvgIpc) is 2.80. The molecule has 1 aromatic carbocycles. The van der Waals surface area contributed by atoms with E-state index >= 15 is 0 Å². The Labute approximate surface area is 121 Å². The number of hydrogen-bond donors (Lipinski definition) is 1. The molecule has 4 nitrogen and oxygen atoms in total. The summed E-state index contributed by atoms with van der Waals surface area (Å²) in [5.41, 5.74) is 1.50. The van der Waals surface area contributed by atoms with E-state index in [9.17, 15) is 9.90 Å². The number of amides is 1. The molecule has 1 aromatic rings. The summed E-state index contributed by atoms with van der Waals surface area (Å²) in [5.74, 6) is 0.112. The number of benzene rings is 1. The van der Waals surface area contributed by atoms with E-state index in [1.165, 1.54) is 5.56 Å². The molecule has 1 amide bonds. The van der Waals surface area contributed by atoms with E-state index in [0.29, 0.717) is 13.1 Å². The molecule has 0 saturated carbocycles. The van der Waals surface area contributed by atoms with Gasteiger partial charge in [0.25, 0.3) is 0 Å². The van der Waals surface area contributed by atoms with Gasteiger partial charge in [0.2, 0.25) is 5.91 Å². The summed E-state index contributed by atoms with van der Waals surface area (Å²) in [6.45, 7) is 7.93. The Morgan fingerprint density at radius 2 is 2.10 bits per heavy atom. The summed E-state index contributed by atoms with van der Waals surface area (Å²) in [4.78, 5) is 16.3. The maximum Gasteiger partial charge on any atom is 0.241 e. The van der Waals surface area contributed by atoms with E-state index in [1.54, 1.807) is 13.8 Å². The van der Waals surface area contributed by atoms with Gasteiger partial charge < -0.3 is 10.0 Å². The van der Waals surface area contributed by atoms with Gasteiger partial charge in [-0.05, 0) is 38.4 Å². The average molecular weight is 276 g/mol. The fourth-order valence-electron chi connectivity index (χ4n) is 2.70. The van der Waals surface area contributed by atoms with Crippen LogP contribution in [0.2, 0.25) is 0 Å². The van der Waals surface area contributed by atoms with Crippen molar-refractivity contribution < 1.29 is 9.90 Å². The zero-order valence-corrected chi connectivity index (χ0v) is 12.6. The van der Waals surface area contributed by atoms with Gasteiger partial charge in [-0.15, -0.1) is 0 Å². The van der Waals surface area contributed by atoms with Crippen LogP contribution in [-0.2, 0) is 11.2 Å². The van der Waals surface area contributed by atoms with Gasteiger partial charge >= 0.3 is 0 Å². The molecule has 4 heteroatoms. The SMILES string of the molecule is CCN(CC(=O)N1CCc2ccccc21)CC(C)(C)O. The lowest BCUT2D eigenvalue weighted by Crippen LogP contribution is -2.45. The largest absolute Gasteiger partial charge is 0.389 e. The van der Waals surface area contributed by atoms with Gasteiger partial charge in [-0.2, -0.15) is 0 Å². The van der Waals surface area contributed by atoms with E-state index in [2.05, 4.69) is 6.07 Å². The van der Waals surface area contributed by atoms with Crippen molar-refractivity contribution in [2.45, 2.75) is 32.8 Å². The number of likely N-dealkylation sites (N-methyl/N-ethyl adjacent to an activating group) is 1. The molecule has 0 unspecified atom stereocenters. The monoisotopic (exact) mass is 276 g/mol. The molecule has 110 valence electrons. The molecule has 0 radical (unpaired) electrons. The molecule has 0 aliphatic carbocycles. The number of fused-ring (bicyclic) bond motifs is 1. The van der Waals surface area contributed by atoms with E-state index in [1.807, 2.05) is 34.9 Å². The number of carbonyl (C=O) groups excluding carboxylic acids is 1. The maximum atomic E-state index is 12.5. The lowest BCUT2D eigenvalue weighted by Gasteiger charge is -2.29. The van der Waals surface area contributed by atoms with Crippen molar-refractivity contribution in [1.29, 1.82) is 0 Å². The van der Waals surface area contributed by atoms with Gasteiger partial charge in [-0.1, -0.05) is 25.1 Å². The second kappa shape index (κ2) is 5.94. The Kier molecular flexibility index (Phi) is 4.45. The van der Waals surface area contributed by atoms with Crippen molar-refractivity contribution in [3.63, 3.8) is 0 Å². The molecular formula is C16H24N2O2. The topological polar surface area (TPSA) is 43.8 Å². The van der Waals surface area contributed by atoms with Gasteiger partial charge in [0.15, 0.2) is 0 Å². The number of para-hydroxylation sites is 1. The molecular weight excluding hydrogens is 252 g/mol. The van der Waals surface area contributed by atoms with Crippen LogP contribution in [0.1, 0.15) is 26.3 Å². The molecule has 0 aromatic heterocycles. The van der Waals surface area contributed by atoms with Crippen LogP contribution in [0.5, 0.6) is 0 Å². The Hall–Kier alpha value is -1.39. The highest BCUT2D eigenvalue weighted by Gasteiger charge is 2.26. The number of anilines is 1. The quantitative estimate of drug-likeness (QED) is 0.889. The third-order valence-corrected chi connectivity index (χ3v) is 3.60. The van der Waals surface area contributed by atoms with Gasteiger partial charge in [0.1, 0.15) is 0 Å². The smallest absolute Gasteiger partial charge is 0.241 e. The van der Waals surface area contributed by atoms with Crippen molar-refractivity contribution in [1.82, 2.24) is 4.90 Å². The first-order valence-electron chi connectivity index (χ1n) is 7.23. The third kappa shape index (κ3) is 3.58. The molecule has 0 spiro atoms. The Morgan fingerprint density at radius 1 is 1.40 bits per heavy atom. The number of aliphatic hydroxyl groups is 1. The Balaban J connectivity index is 2.02. The number of hydrogen-bond acceptors (Lipinski definition) is 3. The Bertz CT molecular complexity index is 480. The van der Waals surface area contributed by atoms with Crippen molar-refractivity contribution in [2.75, 3.05) is 31.1 Å². The maximum absolute atomic E-state index is 12.5. The predicted molar refractivity (Wildman–Crippen MR) is 80.9 cm³/mol. The summed E-state index contributed by atoms with van der Waals surface area (Å²) >= 11 is 0. The summed E-state index contributed by atoms with van der Waals surface area (Å²) in [6.07, 6.45) is 0.930. The third-order valence-electron chi connectivity index (χ3n) is 3.60. The number of carbonyl (C=O) groups is 1. The van der Waals surface area contributed by atoms with Gasteiger partial charge in [-0.25, -0.2) is 0 Å². The second-order valence-corrected chi connectivity index (χ2v) is 6.04. The van der Waals surface area contributed by atoms with Crippen LogP contribution in [0.4, 0.5) is 5.69 Å². The van der Waals surface area contributed by atoms with Crippen LogP contribution in [0.3, 0.4) is 0 Å². The van der Waals surface area contributed by atoms with Crippen LogP contribution >= 0.6 is 0 Å². The molecule has 2 rings (SSSR count). The van der Waals surface area contributed by atoms with Gasteiger partial charge in [0, 0.05) is 18.8 Å². The van der Waals surface area contributed by atoms with Gasteiger partial charge in [-0.3, -0.25) is 9.69 Å². The number of rotatable bonds is 5. The molecule has 1 heterocycles. The van der Waals surface area contributed by atoms with E-state index in [0.717, 1.165) is 25.2 Å². The standard InChI is InChI=1S/C16H24N2O2/c1-4-17(12-16(2,3)20)11-15(19)18-10-9-13-7-5-6-8-14(13)18/h5-8,20H,4,9-12H2,1-3H3. The van der Waals surface area contributed by atoms with Crippen molar-refractivity contribution in [3.8, 4) is 0 Å². The highest BCUT2D eigenvalue weighted by Crippen LogP contribution is 2.27. The van der Waals surface area contributed by atoms with Crippen molar-refractivity contribution in [3.05, 3.63) is 29.8 Å². The fourth-order valence-corrected chi connectivity index (χ4v) is 2.70. The lowest BCUT2D eigenvalue weighted by molar-refractivity contribution is -0.120. The zero-order chi connectivity index (χ0) is 14.8. The lowest BCUT2D eigenvalue weighted by atomic mass is 10.1. The summed E-state index contributed by atoms with van der Waals surface area (Å²) < 4.78 is 0. The first-order valence-corrected chi connectivity index (χ1v) is 7.23. The highest BCUT2D eigenvalue weighted by molar-refractivity contribution is 5.96. The Morgan fingerprint density at radius 3 is 2.75 bits per heavy atom. The second-order valence-electron chi connectivity index (χ2n) is 6.04. The molecule has 0 saturated heterocycles. The highest BCUT2D eigenvalue weighted by atomic mass is 16.3. The van der Waals surface area contributed by atoms with Crippen molar-refractivity contribution in [2.24, 2.45) is 0 Å². The van der Waals surface area contributed by atoms with Crippen LogP contribution < -0.4 is 4.90 Å². The minimum Gasteiger partial charge on any atom is -0.389 e. The van der Waals surface area contributed by atoms with Crippen LogP contribution in [0.25, 0.3) is 0 Å². The van der Waals surface area contributed by atoms with E-state index < -0.39 is 5.60 Å². The molecule has 1 N–H and O–H groups in total. The summed E-state index contributed by atoms with van der Waals surface area (Å²) in [5, 5.41) is 9.89. The van der Waals surface area contributed by atoms with Crippen molar-refractivity contribution >= 4 is 11.6 Å². The molecule has 0 fully saturated rings. The van der Waals surface area contributed by atoms with Gasteiger partial charge in [0.05, 0.1) is 12.1 Å². The fraction of sp³-hybridized carbons (Fsp3) is 0.562. The first kappa shape index (κ1) is 15.0. The van der Waals surface area contributed by atoms with Crippen LogP contribution in [0, 0.1) is 0 Å².